The quantitative estimate of drug-likeness (QED) is 0.211. The molecular weight excluding hydrogens is 520 g/mol. The van der Waals surface area contributed by atoms with Gasteiger partial charge in [-0.25, -0.2) is 4.79 Å². The third-order valence-corrected chi connectivity index (χ3v) is 6.39. The number of ether oxygens (including phenoxy) is 3. The van der Waals surface area contributed by atoms with E-state index < -0.39 is 11.5 Å². The molecule has 0 bridgehead atoms. The summed E-state index contributed by atoms with van der Waals surface area (Å²) in [5.74, 6) is 0.688. The summed E-state index contributed by atoms with van der Waals surface area (Å²) < 4.78 is 16.4. The van der Waals surface area contributed by atoms with E-state index in [2.05, 4.69) is 5.32 Å². The van der Waals surface area contributed by atoms with Crippen molar-refractivity contribution in [2.45, 2.75) is 66.2 Å². The van der Waals surface area contributed by atoms with Crippen molar-refractivity contribution in [1.29, 1.82) is 0 Å². The Hall–Kier alpha value is -4.33. The van der Waals surface area contributed by atoms with Crippen molar-refractivity contribution in [3.63, 3.8) is 0 Å². The smallest absolute Gasteiger partial charge is 0.410 e. The van der Waals surface area contributed by atoms with E-state index in [0.717, 1.165) is 22.3 Å². The molecule has 41 heavy (non-hydrogen) atoms. The number of aryl methyl sites for hydroxylation is 1. The molecule has 0 fully saturated rings. The molecular formula is C33H40N2O6. The largest absolute Gasteiger partial charge is 0.497 e. The summed E-state index contributed by atoms with van der Waals surface area (Å²) in [6.45, 7) is 11.7. The van der Waals surface area contributed by atoms with Crippen LogP contribution in [0.15, 0.2) is 60.7 Å². The van der Waals surface area contributed by atoms with Crippen LogP contribution in [0.4, 0.5) is 10.5 Å². The van der Waals surface area contributed by atoms with Gasteiger partial charge in [-0.3, -0.25) is 9.59 Å². The van der Waals surface area contributed by atoms with Crippen LogP contribution in [0.5, 0.6) is 11.5 Å². The highest BCUT2D eigenvalue weighted by Gasteiger charge is 2.24. The first kappa shape index (κ1) is 31.2. The van der Waals surface area contributed by atoms with Gasteiger partial charge in [-0.15, -0.1) is 0 Å². The van der Waals surface area contributed by atoms with Crippen molar-refractivity contribution in [3.8, 4) is 22.6 Å². The standard InChI is InChI=1S/C33H40N2O6/c1-21(2)35(32(38)41-33(4,5)6)20-23-9-15-26(16-10-23)34-30(37)19-28(36)24-11-13-25(14-12-24)31-22(3)17-27(39-7)18-29(31)40-8/h9-18,21H,19-20H2,1-8H3,(H,34,37). The zero-order valence-electron chi connectivity index (χ0n) is 25.2. The molecule has 0 aliphatic carbocycles. The molecule has 0 unspecified atom stereocenters. The highest BCUT2D eigenvalue weighted by Crippen LogP contribution is 2.36. The molecule has 0 aliphatic rings. The lowest BCUT2D eigenvalue weighted by Crippen LogP contribution is -2.40. The average molecular weight is 561 g/mol. The number of carbonyl (C=O) groups excluding carboxylic acids is 3. The van der Waals surface area contributed by atoms with Crippen molar-refractivity contribution in [1.82, 2.24) is 4.90 Å². The van der Waals surface area contributed by atoms with E-state index >= 15 is 0 Å². The number of benzene rings is 3. The Bertz CT molecular complexity index is 1370. The van der Waals surface area contributed by atoms with E-state index in [1.54, 1.807) is 43.4 Å². The minimum atomic E-state index is -0.582. The molecule has 0 saturated carbocycles. The van der Waals surface area contributed by atoms with Crippen LogP contribution in [0.2, 0.25) is 0 Å². The third kappa shape index (κ3) is 8.58. The molecule has 0 aliphatic heterocycles. The fourth-order valence-electron chi connectivity index (χ4n) is 4.32. The second-order valence-corrected chi connectivity index (χ2v) is 11.1. The Morgan fingerprint density at radius 1 is 0.902 bits per heavy atom. The first-order valence-electron chi connectivity index (χ1n) is 13.6. The topological polar surface area (TPSA) is 94.2 Å². The number of ketones is 1. The molecule has 8 heteroatoms. The number of anilines is 1. The lowest BCUT2D eigenvalue weighted by molar-refractivity contribution is -0.115. The summed E-state index contributed by atoms with van der Waals surface area (Å²) in [4.78, 5) is 39.7. The summed E-state index contributed by atoms with van der Waals surface area (Å²) in [5.41, 5.74) is 4.11. The lowest BCUT2D eigenvalue weighted by atomic mass is 9.97. The van der Waals surface area contributed by atoms with Crippen LogP contribution < -0.4 is 14.8 Å². The van der Waals surface area contributed by atoms with Gasteiger partial charge in [0, 0.05) is 35.5 Å². The van der Waals surface area contributed by atoms with Crippen LogP contribution in [-0.4, -0.2) is 48.5 Å². The van der Waals surface area contributed by atoms with E-state index in [9.17, 15) is 14.4 Å². The van der Waals surface area contributed by atoms with Crippen LogP contribution in [0, 0.1) is 6.92 Å². The molecule has 8 nitrogen and oxygen atoms in total. The predicted molar refractivity (Wildman–Crippen MR) is 161 cm³/mol. The molecule has 0 heterocycles. The number of rotatable bonds is 10. The minimum absolute atomic E-state index is 0.0495. The van der Waals surface area contributed by atoms with E-state index in [4.69, 9.17) is 14.2 Å². The Morgan fingerprint density at radius 3 is 2.07 bits per heavy atom. The van der Waals surface area contributed by atoms with Crippen molar-refractivity contribution < 1.29 is 28.6 Å². The number of methoxy groups -OCH3 is 2. The highest BCUT2D eigenvalue weighted by molar-refractivity contribution is 6.11. The van der Waals surface area contributed by atoms with Gasteiger partial charge in [0.05, 0.1) is 20.6 Å². The van der Waals surface area contributed by atoms with Gasteiger partial charge in [0.25, 0.3) is 0 Å². The van der Waals surface area contributed by atoms with Crippen LogP contribution in [0.1, 0.15) is 62.5 Å². The first-order valence-corrected chi connectivity index (χ1v) is 13.6. The maximum absolute atomic E-state index is 12.8. The number of hydrogen-bond donors (Lipinski definition) is 1. The Morgan fingerprint density at radius 2 is 1.54 bits per heavy atom. The summed E-state index contributed by atoms with van der Waals surface area (Å²) in [6.07, 6.45) is -0.666. The van der Waals surface area contributed by atoms with Crippen LogP contribution >= 0.6 is 0 Å². The van der Waals surface area contributed by atoms with Gasteiger partial charge in [-0.05, 0) is 76.4 Å². The molecule has 3 aromatic rings. The molecule has 0 aromatic heterocycles. The molecule has 1 N–H and O–H groups in total. The summed E-state index contributed by atoms with van der Waals surface area (Å²) in [7, 11) is 3.21. The molecule has 0 radical (unpaired) electrons. The summed E-state index contributed by atoms with van der Waals surface area (Å²) >= 11 is 0. The molecule has 0 spiro atoms. The number of hydrogen-bond acceptors (Lipinski definition) is 6. The van der Waals surface area contributed by atoms with Crippen molar-refractivity contribution in [2.75, 3.05) is 19.5 Å². The number of amides is 2. The third-order valence-electron chi connectivity index (χ3n) is 6.39. The molecule has 3 aromatic carbocycles. The predicted octanol–water partition coefficient (Wildman–Crippen LogP) is 7.04. The van der Waals surface area contributed by atoms with Crippen molar-refractivity contribution in [3.05, 3.63) is 77.4 Å². The van der Waals surface area contributed by atoms with E-state index in [1.807, 2.05) is 77.9 Å². The van der Waals surface area contributed by atoms with E-state index in [0.29, 0.717) is 29.3 Å². The van der Waals surface area contributed by atoms with Gasteiger partial charge in [0.15, 0.2) is 5.78 Å². The van der Waals surface area contributed by atoms with Crippen LogP contribution in [0.25, 0.3) is 11.1 Å². The fraction of sp³-hybridized carbons (Fsp3) is 0.364. The average Bonchev–Trinajstić information content (AvgIpc) is 2.90. The van der Waals surface area contributed by atoms with E-state index in [-0.39, 0.29) is 24.3 Å². The maximum atomic E-state index is 12.8. The SMILES string of the molecule is COc1cc(C)c(-c2ccc(C(=O)CC(=O)Nc3ccc(CN(C(=O)OC(C)(C)C)C(C)C)cc3)cc2)c(OC)c1. The number of Topliss-reactive ketones (excluding diaryl/α,β-unsaturated/α-hetero) is 1. The first-order chi connectivity index (χ1) is 19.3. The second-order valence-electron chi connectivity index (χ2n) is 11.1. The second kappa shape index (κ2) is 13.4. The summed E-state index contributed by atoms with van der Waals surface area (Å²) in [6, 6.07) is 18.0. The minimum Gasteiger partial charge on any atom is -0.497 e. The highest BCUT2D eigenvalue weighted by atomic mass is 16.6. The Labute approximate surface area is 242 Å². The van der Waals surface area contributed by atoms with Gasteiger partial charge in [0.1, 0.15) is 17.1 Å². The van der Waals surface area contributed by atoms with Crippen LogP contribution in [-0.2, 0) is 16.1 Å². The monoisotopic (exact) mass is 560 g/mol. The van der Waals surface area contributed by atoms with E-state index in [1.165, 1.54) is 0 Å². The zero-order valence-corrected chi connectivity index (χ0v) is 25.2. The maximum Gasteiger partial charge on any atom is 0.410 e. The Balaban J connectivity index is 1.61. The normalized spacial score (nSPS) is 11.1. The number of nitrogens with zero attached hydrogens (tertiary/aromatic N) is 1. The van der Waals surface area contributed by atoms with Crippen molar-refractivity contribution in [2.24, 2.45) is 0 Å². The number of nitrogens with one attached hydrogen (secondary N) is 1. The van der Waals surface area contributed by atoms with Gasteiger partial charge in [-0.1, -0.05) is 36.4 Å². The lowest BCUT2D eigenvalue weighted by Gasteiger charge is -2.30. The molecule has 2 amide bonds. The molecule has 218 valence electrons. The van der Waals surface area contributed by atoms with Gasteiger partial charge in [0.2, 0.25) is 5.91 Å². The van der Waals surface area contributed by atoms with Gasteiger partial charge < -0.3 is 24.4 Å². The molecule has 3 rings (SSSR count). The fourth-order valence-corrected chi connectivity index (χ4v) is 4.32. The zero-order chi connectivity index (χ0) is 30.3. The molecule has 0 atom stereocenters. The number of carbonyl (C=O) groups is 3. The Kier molecular flexibility index (Phi) is 10.2. The summed E-state index contributed by atoms with van der Waals surface area (Å²) in [5, 5.41) is 2.78. The van der Waals surface area contributed by atoms with Crippen LogP contribution in [0.3, 0.4) is 0 Å². The molecule has 0 saturated heterocycles. The van der Waals surface area contributed by atoms with Gasteiger partial charge >= 0.3 is 6.09 Å². The van der Waals surface area contributed by atoms with Crippen molar-refractivity contribution >= 4 is 23.5 Å². The van der Waals surface area contributed by atoms with Gasteiger partial charge in [-0.2, -0.15) is 0 Å².